The number of rotatable bonds is 9. The summed E-state index contributed by atoms with van der Waals surface area (Å²) in [4.78, 5) is 9.93. The first-order valence-corrected chi connectivity index (χ1v) is 8.77. The molecule has 0 radical (unpaired) electrons. The molecule has 0 saturated heterocycles. The van der Waals surface area contributed by atoms with Gasteiger partial charge < -0.3 is 5.48 Å². The van der Waals surface area contributed by atoms with Crippen LogP contribution in [-0.4, -0.2) is 11.8 Å². The molecule has 0 bridgehead atoms. The summed E-state index contributed by atoms with van der Waals surface area (Å²) < 4.78 is 0. The highest BCUT2D eigenvalue weighted by atomic mass is 16.1. The number of carbonyl (C=O) groups is 1. The Balaban J connectivity index is -0.0000000274. The Bertz CT molecular complexity index is 641. The molecule has 2 N–H and O–H groups in total. The van der Waals surface area contributed by atoms with E-state index in [2.05, 4.69) is 66.1 Å². The van der Waals surface area contributed by atoms with Crippen LogP contribution < -0.4 is 0 Å². The molecular formula is C24H46O2. The van der Waals surface area contributed by atoms with Crippen molar-refractivity contribution in [3.05, 3.63) is 12.2 Å². The number of allylic oxidation sites excluding steroid dienone is 2. The first-order valence-electron chi connectivity index (χ1n) is 8.77. The van der Waals surface area contributed by atoms with Crippen LogP contribution in [-0.2, 0) is 4.79 Å². The van der Waals surface area contributed by atoms with E-state index in [-0.39, 0.29) is 16.9 Å². The van der Waals surface area contributed by atoms with Crippen LogP contribution in [0.15, 0.2) is 12.2 Å². The number of unbranched alkanes of at least 4 members (excludes halogenated alkanes) is 7. The summed E-state index contributed by atoms with van der Waals surface area (Å²) in [5, 5.41) is 0. The zero-order valence-corrected chi connectivity index (χ0v) is 16.3. The van der Waals surface area contributed by atoms with Gasteiger partial charge in [0.25, 0.3) is 0 Å². The van der Waals surface area contributed by atoms with E-state index in [1.54, 1.807) is 19.9 Å². The Morgan fingerprint density at radius 2 is 1.12 bits per heavy atom. The lowest BCUT2D eigenvalue weighted by Crippen LogP contribution is -1.78. The molecule has 0 unspecified atom stereocenters. The molecule has 0 aromatic heterocycles. The molecule has 0 fully saturated rings. The van der Waals surface area contributed by atoms with Gasteiger partial charge in [-0.1, -0.05) is 63.4 Å². The molecule has 2 nitrogen and oxygen atoms in total. The van der Waals surface area contributed by atoms with Gasteiger partial charge in [0.2, 0.25) is 0 Å². The van der Waals surface area contributed by atoms with Crippen LogP contribution in [0.2, 0.25) is 0 Å². The third-order valence-electron chi connectivity index (χ3n) is 2.88. The van der Waals surface area contributed by atoms with Gasteiger partial charge in [-0.05, 0) is 80.1 Å². The summed E-state index contributed by atoms with van der Waals surface area (Å²) in [6, 6.07) is 0. The highest BCUT2D eigenvalue weighted by molar-refractivity contribution is 5.64. The number of hydrogen-bond acceptors (Lipinski definition) is 1. The minimum Gasteiger partial charge on any atom is -0.412 e. The predicted octanol–water partition coefficient (Wildman–Crippen LogP) is 6.07. The third kappa shape index (κ3) is 32.9. The Hall–Kier alpha value is -2.83. The minimum atomic E-state index is 0. The van der Waals surface area contributed by atoms with Gasteiger partial charge in [-0.15, -0.1) is 0 Å². The van der Waals surface area contributed by atoms with Gasteiger partial charge in [0.1, 0.15) is 6.29 Å². The van der Waals surface area contributed by atoms with Crippen LogP contribution in [0.1, 0.15) is 83.6 Å². The van der Waals surface area contributed by atoms with E-state index in [0.717, 1.165) is 12.7 Å². The van der Waals surface area contributed by atoms with Crippen molar-refractivity contribution < 1.29 is 21.7 Å². The predicted molar refractivity (Wildman–Crippen MR) is 129 cm³/mol. The SMILES string of the molecule is CC#CC#CC#CC#CC#CC.CCCCCCCCC/C=C/C=O.O.[HH].[HH].[HH].[HH].[HH].[HH].[HH].[HH]. The lowest BCUT2D eigenvalue weighted by Gasteiger charge is -1.98. The summed E-state index contributed by atoms with van der Waals surface area (Å²) in [6.07, 6.45) is 14.8. The van der Waals surface area contributed by atoms with Crippen molar-refractivity contribution >= 4 is 6.29 Å². The third-order valence-corrected chi connectivity index (χ3v) is 2.88. The normalized spacial score (nSPS) is 7.19. The number of aldehydes is 1. The van der Waals surface area contributed by atoms with Gasteiger partial charge in [0, 0.05) is 11.4 Å². The van der Waals surface area contributed by atoms with Crippen LogP contribution in [0.5, 0.6) is 0 Å². The maximum Gasteiger partial charge on any atom is 0.142 e. The zero-order chi connectivity index (χ0) is 18.8. The van der Waals surface area contributed by atoms with Crippen molar-refractivity contribution in [2.75, 3.05) is 0 Å². The molecule has 0 heterocycles. The summed E-state index contributed by atoms with van der Waals surface area (Å²) >= 11 is 0. The van der Waals surface area contributed by atoms with Gasteiger partial charge in [0.05, 0.1) is 0 Å². The van der Waals surface area contributed by atoms with Crippen LogP contribution in [0.25, 0.3) is 0 Å². The molecular weight excluding hydrogens is 320 g/mol. The van der Waals surface area contributed by atoms with Crippen molar-refractivity contribution in [2.24, 2.45) is 0 Å². The maximum absolute atomic E-state index is 9.93. The Kier molecular flexibility index (Phi) is 32.4. The average molecular weight is 367 g/mol. The van der Waals surface area contributed by atoms with Crippen molar-refractivity contribution in [3.63, 3.8) is 0 Å². The van der Waals surface area contributed by atoms with Gasteiger partial charge in [-0.2, -0.15) is 0 Å². The average Bonchev–Trinajstić information content (AvgIpc) is 2.63. The number of carbonyl (C=O) groups excluding carboxylic acids is 1. The smallest absolute Gasteiger partial charge is 0.142 e. The van der Waals surface area contributed by atoms with E-state index in [1.165, 1.54) is 44.9 Å². The summed E-state index contributed by atoms with van der Waals surface area (Å²) in [7, 11) is 0. The fraction of sp³-hybridized carbons (Fsp3) is 0.458. The lowest BCUT2D eigenvalue weighted by molar-refractivity contribution is -0.104. The van der Waals surface area contributed by atoms with Gasteiger partial charge >= 0.3 is 0 Å². The van der Waals surface area contributed by atoms with Crippen LogP contribution in [0.4, 0.5) is 0 Å². The highest BCUT2D eigenvalue weighted by Crippen LogP contribution is 2.08. The maximum atomic E-state index is 9.93. The second-order valence-electron chi connectivity index (χ2n) is 4.97. The molecule has 154 valence electrons. The standard InChI is InChI=1S/C12H22O.C12H6.H2O.8H2/c1-2-3-4-5-6-7-8-9-10-11-12-13;1-3-5-7-9-11-12-10-8-6-4-2;;;;;;;;;/h10-12H,2-9H2,1H3;1-2H3;1H2;8*1H/b11-10+;;;;;;;;;;. The first kappa shape index (κ1) is 28.0. The topological polar surface area (TPSA) is 48.6 Å². The fourth-order valence-corrected chi connectivity index (χ4v) is 1.68. The minimum absolute atomic E-state index is 0. The van der Waals surface area contributed by atoms with E-state index < -0.39 is 0 Å². The van der Waals surface area contributed by atoms with Crippen LogP contribution >= 0.6 is 0 Å². The molecule has 2 heteroatoms. The monoisotopic (exact) mass is 366 g/mol. The van der Waals surface area contributed by atoms with E-state index in [0.29, 0.717) is 0 Å². The highest BCUT2D eigenvalue weighted by Gasteiger charge is 1.88. The molecule has 0 aromatic carbocycles. The van der Waals surface area contributed by atoms with Gasteiger partial charge in [-0.3, -0.25) is 4.79 Å². The van der Waals surface area contributed by atoms with Crippen molar-refractivity contribution in [3.8, 4) is 59.2 Å². The molecule has 0 spiro atoms. The molecule has 0 aliphatic heterocycles. The Morgan fingerprint density at radius 1 is 0.692 bits per heavy atom. The molecule has 0 aliphatic carbocycles. The number of hydrogen-bond donors (Lipinski definition) is 0. The van der Waals surface area contributed by atoms with E-state index in [9.17, 15) is 4.79 Å². The quantitative estimate of drug-likeness (QED) is 0.211. The second kappa shape index (κ2) is 30.1. The van der Waals surface area contributed by atoms with Crippen molar-refractivity contribution in [2.45, 2.75) is 72.1 Å². The molecule has 0 atom stereocenters. The van der Waals surface area contributed by atoms with Gasteiger partial charge in [0.15, 0.2) is 0 Å². The van der Waals surface area contributed by atoms with E-state index >= 15 is 0 Å². The zero-order valence-electron chi connectivity index (χ0n) is 16.3. The van der Waals surface area contributed by atoms with Crippen molar-refractivity contribution in [1.29, 1.82) is 0 Å². The second-order valence-corrected chi connectivity index (χ2v) is 4.97. The van der Waals surface area contributed by atoms with Crippen molar-refractivity contribution in [1.82, 2.24) is 0 Å². The molecule has 0 aliphatic rings. The molecule has 0 saturated carbocycles. The van der Waals surface area contributed by atoms with E-state index in [4.69, 9.17) is 0 Å². The van der Waals surface area contributed by atoms with Crippen LogP contribution in [0.3, 0.4) is 0 Å². The summed E-state index contributed by atoms with van der Waals surface area (Å²) in [5.74, 6) is 25.6. The van der Waals surface area contributed by atoms with E-state index in [1.807, 2.05) is 6.08 Å². The molecule has 0 aromatic rings. The Labute approximate surface area is 172 Å². The molecule has 0 rings (SSSR count). The van der Waals surface area contributed by atoms with Crippen LogP contribution in [0, 0.1) is 59.2 Å². The summed E-state index contributed by atoms with van der Waals surface area (Å²) in [6.45, 7) is 5.68. The lowest BCUT2D eigenvalue weighted by atomic mass is 10.1. The van der Waals surface area contributed by atoms with Gasteiger partial charge in [-0.25, -0.2) is 0 Å². The largest absolute Gasteiger partial charge is 0.412 e. The fourth-order valence-electron chi connectivity index (χ4n) is 1.68. The summed E-state index contributed by atoms with van der Waals surface area (Å²) in [5.41, 5.74) is 0. The first-order chi connectivity index (χ1) is 12.3. The Morgan fingerprint density at radius 3 is 1.54 bits per heavy atom. The molecule has 0 amide bonds. The molecule has 26 heavy (non-hydrogen) atoms.